The third-order valence-electron chi connectivity index (χ3n) is 9.09. The number of morpholine rings is 1. The number of methoxy groups -OCH3 is 2. The zero-order valence-corrected chi connectivity index (χ0v) is 27.8. The Morgan fingerprint density at radius 2 is 1.37 bits per heavy atom. The lowest BCUT2D eigenvalue weighted by atomic mass is 9.99. The van der Waals surface area contributed by atoms with Crippen LogP contribution in [0.1, 0.15) is 51.1 Å². The minimum absolute atomic E-state index is 0.334. The Balaban J connectivity index is 1.17. The fourth-order valence-electron chi connectivity index (χ4n) is 6.49. The molecule has 1 heterocycles. The second kappa shape index (κ2) is 15.2. The summed E-state index contributed by atoms with van der Waals surface area (Å²) in [6.45, 7) is 6.01. The Bertz CT molecular complexity index is 1830. The summed E-state index contributed by atoms with van der Waals surface area (Å²) < 4.78 is 15.8. The van der Waals surface area contributed by atoms with Crippen LogP contribution in [0.4, 0.5) is 4.79 Å². The zero-order chi connectivity index (χ0) is 34.3. The molecule has 6 rings (SSSR count). The predicted octanol–water partition coefficient (Wildman–Crippen LogP) is 5.42. The summed E-state index contributed by atoms with van der Waals surface area (Å²) in [5.74, 6) is 5.16. The third kappa shape index (κ3) is 7.36. The maximum Gasteiger partial charge on any atom is 0.410 e. The molecule has 250 valence electrons. The van der Waals surface area contributed by atoms with Crippen LogP contribution in [0.2, 0.25) is 0 Å². The van der Waals surface area contributed by atoms with E-state index in [4.69, 9.17) is 14.2 Å². The van der Waals surface area contributed by atoms with Gasteiger partial charge < -0.3 is 19.5 Å². The minimum atomic E-state index is -1.19. The lowest BCUT2D eigenvalue weighted by Crippen LogP contribution is -2.57. The monoisotopic (exact) mass is 657 g/mol. The fourth-order valence-corrected chi connectivity index (χ4v) is 6.49. The van der Waals surface area contributed by atoms with E-state index in [1.54, 1.807) is 31.2 Å². The van der Waals surface area contributed by atoms with Crippen LogP contribution in [0.15, 0.2) is 97.1 Å². The normalized spacial score (nSPS) is 15.1. The van der Waals surface area contributed by atoms with Crippen LogP contribution in [0.3, 0.4) is 0 Å². The van der Waals surface area contributed by atoms with Gasteiger partial charge in [0.2, 0.25) is 0 Å². The molecule has 1 saturated heterocycles. The van der Waals surface area contributed by atoms with Crippen LogP contribution in [0.25, 0.3) is 11.1 Å². The zero-order valence-electron chi connectivity index (χ0n) is 27.8. The Kier molecular flexibility index (Phi) is 10.4. The Morgan fingerprint density at radius 1 is 0.816 bits per heavy atom. The molecule has 2 aliphatic rings. The highest BCUT2D eigenvalue weighted by Gasteiger charge is 2.43. The highest BCUT2D eigenvalue weighted by Crippen LogP contribution is 2.47. The van der Waals surface area contributed by atoms with E-state index in [1.807, 2.05) is 60.7 Å². The van der Waals surface area contributed by atoms with Gasteiger partial charge in [0.25, 0.3) is 5.91 Å². The van der Waals surface area contributed by atoms with Crippen molar-refractivity contribution < 1.29 is 28.6 Å². The average molecular weight is 658 g/mol. The third-order valence-corrected chi connectivity index (χ3v) is 9.09. The van der Waals surface area contributed by atoms with Crippen molar-refractivity contribution in [1.29, 1.82) is 0 Å². The molecule has 0 unspecified atom stereocenters. The fraction of sp³-hybridized carbons (Fsp3) is 0.275. The van der Waals surface area contributed by atoms with Crippen molar-refractivity contribution in [3.63, 3.8) is 0 Å². The molecule has 2 atom stereocenters. The van der Waals surface area contributed by atoms with Gasteiger partial charge in [-0.3, -0.25) is 14.6 Å². The Morgan fingerprint density at radius 3 is 1.92 bits per heavy atom. The van der Waals surface area contributed by atoms with Gasteiger partial charge in [0.05, 0.1) is 39.5 Å². The molecule has 0 bridgehead atoms. The molecule has 9 nitrogen and oxygen atoms in total. The number of nitrogens with one attached hydrogen (secondary N) is 1. The molecule has 0 saturated carbocycles. The number of fused-ring (bicyclic) bond motifs is 3. The molecule has 4 aromatic rings. The van der Waals surface area contributed by atoms with Crippen LogP contribution >= 0.6 is 0 Å². The molecular weight excluding hydrogens is 618 g/mol. The van der Waals surface area contributed by atoms with Gasteiger partial charge >= 0.3 is 12.1 Å². The lowest BCUT2D eigenvalue weighted by molar-refractivity contribution is -0.144. The van der Waals surface area contributed by atoms with Gasteiger partial charge in [-0.2, -0.15) is 0 Å². The summed E-state index contributed by atoms with van der Waals surface area (Å²) in [7, 11) is 2.55. The first-order valence-corrected chi connectivity index (χ1v) is 16.3. The van der Waals surface area contributed by atoms with E-state index in [1.165, 1.54) is 24.7 Å². The van der Waals surface area contributed by atoms with E-state index in [9.17, 15) is 14.4 Å². The van der Waals surface area contributed by atoms with E-state index in [-0.39, 0.29) is 0 Å². The number of hydrogen-bond donors (Lipinski definition) is 1. The van der Waals surface area contributed by atoms with E-state index in [2.05, 4.69) is 34.2 Å². The number of nitrogens with zero attached hydrogens (tertiary/aromatic N) is 2. The average Bonchev–Trinajstić information content (AvgIpc) is 3.47. The number of amides is 2. The molecule has 1 aliphatic carbocycles. The number of hydrogen-bond acceptors (Lipinski definition) is 7. The van der Waals surface area contributed by atoms with Crippen molar-refractivity contribution >= 4 is 18.0 Å². The van der Waals surface area contributed by atoms with Gasteiger partial charge in [-0.1, -0.05) is 72.5 Å². The minimum Gasteiger partial charge on any atom is -0.467 e. The molecule has 1 fully saturated rings. The second-order valence-electron chi connectivity index (χ2n) is 12.1. The summed E-state index contributed by atoms with van der Waals surface area (Å²) in [5.41, 5.74) is 6.98. The number of ether oxygens (including phenoxy) is 3. The first-order chi connectivity index (χ1) is 23.9. The van der Waals surface area contributed by atoms with Gasteiger partial charge in [-0.25, -0.2) is 9.59 Å². The summed E-state index contributed by atoms with van der Waals surface area (Å²) in [5, 5.41) is 2.82. The van der Waals surface area contributed by atoms with Crippen molar-refractivity contribution in [3.8, 4) is 23.0 Å². The SMILES string of the molecule is COC(=O)[C@@H](NC(=O)c1ccc(C#Cc2ccc(CN3CCOCC3)cc2)cc1)[C@@H](C)N(C(=O)OC)C1c2ccccc2-c2ccccc21. The molecular formula is C40H39N3O6. The maximum absolute atomic E-state index is 13.5. The molecule has 0 radical (unpaired) electrons. The first-order valence-electron chi connectivity index (χ1n) is 16.3. The Labute approximate surface area is 286 Å². The summed E-state index contributed by atoms with van der Waals surface area (Å²) in [4.78, 5) is 44.0. The number of esters is 1. The maximum atomic E-state index is 13.5. The molecule has 0 aromatic heterocycles. The molecule has 9 heteroatoms. The van der Waals surface area contributed by atoms with Crippen LogP contribution in [-0.2, 0) is 25.5 Å². The smallest absolute Gasteiger partial charge is 0.410 e. The molecule has 49 heavy (non-hydrogen) atoms. The quantitative estimate of drug-likeness (QED) is 0.200. The lowest BCUT2D eigenvalue weighted by Gasteiger charge is -2.37. The highest BCUT2D eigenvalue weighted by atomic mass is 16.5. The predicted molar refractivity (Wildman–Crippen MR) is 186 cm³/mol. The van der Waals surface area contributed by atoms with E-state index in [0.717, 1.165) is 66.2 Å². The van der Waals surface area contributed by atoms with Crippen molar-refractivity contribution in [2.24, 2.45) is 0 Å². The van der Waals surface area contributed by atoms with Gasteiger partial charge in [-0.15, -0.1) is 0 Å². The van der Waals surface area contributed by atoms with Crippen molar-refractivity contribution in [2.75, 3.05) is 40.5 Å². The van der Waals surface area contributed by atoms with Crippen molar-refractivity contribution in [2.45, 2.75) is 31.6 Å². The first kappa shape index (κ1) is 33.5. The summed E-state index contributed by atoms with van der Waals surface area (Å²) in [6, 6.07) is 28.1. The standard InChI is InChI=1S/C40H39N3O6/c1-27(43(40(46)48-3)37-34-10-6-4-8-32(34)33-9-5-7-11-35(33)37)36(39(45)47-2)41-38(44)31-20-18-29(19-21-31)13-12-28-14-16-30(17-15-28)26-42-22-24-49-25-23-42/h4-11,14-21,27,36-37H,22-26H2,1-3H3,(H,41,44)/t27-,36+/m1/s1. The van der Waals surface area contributed by atoms with Gasteiger partial charge in [0.15, 0.2) is 0 Å². The number of carbonyl (C=O) groups excluding carboxylic acids is 3. The highest BCUT2D eigenvalue weighted by molar-refractivity contribution is 5.97. The molecule has 1 N–H and O–H groups in total. The Hall–Kier alpha value is -5.43. The molecule has 0 spiro atoms. The number of carbonyl (C=O) groups is 3. The topological polar surface area (TPSA) is 97.4 Å². The number of rotatable bonds is 8. The summed E-state index contributed by atoms with van der Waals surface area (Å²) >= 11 is 0. The molecule has 2 amide bonds. The van der Waals surface area contributed by atoms with Crippen LogP contribution < -0.4 is 5.32 Å². The second-order valence-corrected chi connectivity index (χ2v) is 12.1. The van der Waals surface area contributed by atoms with E-state index >= 15 is 0 Å². The van der Waals surface area contributed by atoms with E-state index < -0.39 is 36.1 Å². The van der Waals surface area contributed by atoms with Crippen LogP contribution in [0, 0.1) is 11.8 Å². The number of benzene rings is 4. The van der Waals surface area contributed by atoms with E-state index in [0.29, 0.717) is 5.56 Å². The van der Waals surface area contributed by atoms with Gasteiger partial charge in [-0.05, 0) is 71.1 Å². The van der Waals surface area contributed by atoms with Crippen molar-refractivity contribution in [1.82, 2.24) is 15.1 Å². The van der Waals surface area contributed by atoms with Crippen molar-refractivity contribution in [3.05, 3.63) is 130 Å². The largest absolute Gasteiger partial charge is 0.467 e. The van der Waals surface area contributed by atoms with Gasteiger partial charge in [0.1, 0.15) is 6.04 Å². The summed E-state index contributed by atoms with van der Waals surface area (Å²) in [6.07, 6.45) is -0.637. The molecule has 4 aromatic carbocycles. The van der Waals surface area contributed by atoms with Crippen LogP contribution in [-0.4, -0.2) is 80.4 Å². The van der Waals surface area contributed by atoms with Gasteiger partial charge in [0, 0.05) is 36.3 Å². The molecule has 1 aliphatic heterocycles. The van der Waals surface area contributed by atoms with Crippen LogP contribution in [0.5, 0.6) is 0 Å².